The Bertz CT molecular complexity index is 378. The Balaban J connectivity index is 3.01. The molecule has 100 valence electrons. The van der Waals surface area contributed by atoms with Crippen molar-refractivity contribution in [2.24, 2.45) is 0 Å². The largest absolute Gasteiger partial charge is 0.462 e. The van der Waals surface area contributed by atoms with E-state index in [1.54, 1.807) is 30.2 Å². The van der Waals surface area contributed by atoms with Gasteiger partial charge in [-0.2, -0.15) is 0 Å². The molecule has 1 rings (SSSR count). The van der Waals surface area contributed by atoms with Crippen molar-refractivity contribution in [3.8, 4) is 0 Å². The molecule has 0 aliphatic carbocycles. The first kappa shape index (κ1) is 14.4. The van der Waals surface area contributed by atoms with Crippen LogP contribution >= 0.6 is 0 Å². The van der Waals surface area contributed by atoms with Crippen LogP contribution in [0.4, 0.5) is 5.82 Å². The maximum atomic E-state index is 11.8. The Morgan fingerprint density at radius 3 is 2.61 bits per heavy atom. The van der Waals surface area contributed by atoms with E-state index in [0.29, 0.717) is 24.5 Å². The van der Waals surface area contributed by atoms with E-state index < -0.39 is 5.97 Å². The maximum absolute atomic E-state index is 11.8. The molecule has 1 aromatic rings. The van der Waals surface area contributed by atoms with Gasteiger partial charge in [-0.3, -0.25) is 0 Å². The van der Waals surface area contributed by atoms with Crippen LogP contribution in [0.1, 0.15) is 17.3 Å². The minimum absolute atomic E-state index is 0.0845. The van der Waals surface area contributed by atoms with Crippen molar-refractivity contribution >= 4 is 11.8 Å². The van der Waals surface area contributed by atoms with E-state index in [9.17, 15) is 4.79 Å². The molecule has 0 saturated carbocycles. The number of nitrogens with zero attached hydrogens (tertiary/aromatic N) is 2. The quantitative estimate of drug-likeness (QED) is 0.669. The number of anilines is 1. The highest BCUT2D eigenvalue weighted by Crippen LogP contribution is 2.17. The molecule has 6 nitrogen and oxygen atoms in total. The lowest BCUT2D eigenvalue weighted by Crippen LogP contribution is -2.32. The third-order valence-electron chi connectivity index (χ3n) is 2.32. The van der Waals surface area contributed by atoms with Gasteiger partial charge in [0.05, 0.1) is 19.8 Å². The Morgan fingerprint density at radius 1 is 1.39 bits per heavy atom. The Morgan fingerprint density at radius 2 is 2.06 bits per heavy atom. The summed E-state index contributed by atoms with van der Waals surface area (Å²) < 4.78 is 4.94. The number of carbonyl (C=O) groups is 1. The monoisotopic (exact) mass is 254 g/mol. The van der Waals surface area contributed by atoms with Crippen molar-refractivity contribution in [2.75, 3.05) is 37.8 Å². The number of hydrogen-bond donors (Lipinski definition) is 2. The summed E-state index contributed by atoms with van der Waals surface area (Å²) in [5, 5.41) is 18.0. The molecule has 18 heavy (non-hydrogen) atoms. The highest BCUT2D eigenvalue weighted by molar-refractivity contribution is 5.94. The van der Waals surface area contributed by atoms with Gasteiger partial charge in [-0.15, -0.1) is 0 Å². The first-order valence-corrected chi connectivity index (χ1v) is 5.83. The number of aliphatic hydroxyl groups is 2. The van der Waals surface area contributed by atoms with Crippen molar-refractivity contribution in [3.05, 3.63) is 23.9 Å². The summed E-state index contributed by atoms with van der Waals surface area (Å²) in [6, 6.07) is 3.26. The molecular formula is C12H18N2O4. The molecule has 1 heterocycles. The minimum atomic E-state index is -0.457. The van der Waals surface area contributed by atoms with Crippen LogP contribution < -0.4 is 4.90 Å². The third-order valence-corrected chi connectivity index (χ3v) is 2.32. The van der Waals surface area contributed by atoms with Gasteiger partial charge in [0.25, 0.3) is 0 Å². The fraction of sp³-hybridized carbons (Fsp3) is 0.500. The zero-order valence-corrected chi connectivity index (χ0v) is 10.4. The number of esters is 1. The molecule has 0 radical (unpaired) electrons. The van der Waals surface area contributed by atoms with Gasteiger partial charge in [0.1, 0.15) is 11.4 Å². The predicted octanol–water partition coefficient (Wildman–Crippen LogP) is 0.0493. The normalized spacial score (nSPS) is 10.2. The Labute approximate surface area is 106 Å². The number of pyridine rings is 1. The van der Waals surface area contributed by atoms with E-state index in [2.05, 4.69) is 4.98 Å². The number of carbonyl (C=O) groups excluding carboxylic acids is 1. The number of aromatic nitrogens is 1. The fourth-order valence-corrected chi connectivity index (χ4v) is 1.58. The number of hydrogen-bond acceptors (Lipinski definition) is 6. The van der Waals surface area contributed by atoms with Crippen LogP contribution in [0.5, 0.6) is 0 Å². The average molecular weight is 254 g/mol. The van der Waals surface area contributed by atoms with Crippen LogP contribution in [-0.2, 0) is 4.74 Å². The van der Waals surface area contributed by atoms with Crippen molar-refractivity contribution in [1.82, 2.24) is 4.98 Å². The van der Waals surface area contributed by atoms with E-state index in [1.807, 2.05) is 0 Å². The van der Waals surface area contributed by atoms with Gasteiger partial charge in [0.15, 0.2) is 0 Å². The number of rotatable bonds is 7. The second kappa shape index (κ2) is 7.62. The summed E-state index contributed by atoms with van der Waals surface area (Å²) in [6.07, 6.45) is 1.56. The van der Waals surface area contributed by atoms with Gasteiger partial charge in [-0.05, 0) is 19.1 Å². The van der Waals surface area contributed by atoms with Crippen LogP contribution in [0.3, 0.4) is 0 Å². The molecule has 0 unspecified atom stereocenters. The first-order chi connectivity index (χ1) is 8.74. The lowest BCUT2D eigenvalue weighted by molar-refractivity contribution is 0.0526. The van der Waals surface area contributed by atoms with Gasteiger partial charge in [-0.1, -0.05) is 0 Å². The summed E-state index contributed by atoms with van der Waals surface area (Å²) in [4.78, 5) is 17.5. The molecule has 0 fully saturated rings. The van der Waals surface area contributed by atoms with Crippen molar-refractivity contribution in [1.29, 1.82) is 0 Å². The van der Waals surface area contributed by atoms with Gasteiger partial charge >= 0.3 is 5.97 Å². The second-order valence-electron chi connectivity index (χ2n) is 3.53. The molecule has 1 aromatic heterocycles. The van der Waals surface area contributed by atoms with E-state index in [1.165, 1.54) is 0 Å². The van der Waals surface area contributed by atoms with E-state index in [-0.39, 0.29) is 19.8 Å². The van der Waals surface area contributed by atoms with Gasteiger partial charge in [-0.25, -0.2) is 9.78 Å². The lowest BCUT2D eigenvalue weighted by atomic mass is 10.2. The molecular weight excluding hydrogens is 236 g/mol. The molecule has 0 saturated heterocycles. The standard InChI is InChI=1S/C12H18N2O4/c1-2-18-12(17)10-4-3-5-13-11(10)14(6-8-15)7-9-16/h3-5,15-16H,2,6-9H2,1H3. The summed E-state index contributed by atoms with van der Waals surface area (Å²) >= 11 is 0. The van der Waals surface area contributed by atoms with Crippen molar-refractivity contribution < 1.29 is 19.7 Å². The van der Waals surface area contributed by atoms with E-state index in [0.717, 1.165) is 0 Å². The van der Waals surface area contributed by atoms with E-state index >= 15 is 0 Å². The van der Waals surface area contributed by atoms with Gasteiger partial charge in [0, 0.05) is 19.3 Å². The highest BCUT2D eigenvalue weighted by atomic mass is 16.5. The van der Waals surface area contributed by atoms with Crippen LogP contribution in [0, 0.1) is 0 Å². The Kier molecular flexibility index (Phi) is 6.10. The molecule has 0 bridgehead atoms. The molecule has 0 aliphatic rings. The molecule has 6 heteroatoms. The van der Waals surface area contributed by atoms with Crippen molar-refractivity contribution in [2.45, 2.75) is 6.92 Å². The minimum Gasteiger partial charge on any atom is -0.462 e. The number of aliphatic hydroxyl groups excluding tert-OH is 2. The molecule has 0 atom stereocenters. The molecule has 2 N–H and O–H groups in total. The SMILES string of the molecule is CCOC(=O)c1cccnc1N(CCO)CCO. The van der Waals surface area contributed by atoms with E-state index in [4.69, 9.17) is 14.9 Å². The first-order valence-electron chi connectivity index (χ1n) is 5.83. The molecule has 0 aliphatic heterocycles. The lowest BCUT2D eigenvalue weighted by Gasteiger charge is -2.23. The van der Waals surface area contributed by atoms with Crippen LogP contribution in [0.2, 0.25) is 0 Å². The summed E-state index contributed by atoms with van der Waals surface area (Å²) in [6.45, 7) is 2.44. The van der Waals surface area contributed by atoms with Crippen molar-refractivity contribution in [3.63, 3.8) is 0 Å². The number of ether oxygens (including phenoxy) is 1. The third kappa shape index (κ3) is 3.68. The summed E-state index contributed by atoms with van der Waals surface area (Å²) in [5.41, 5.74) is 0.334. The average Bonchev–Trinajstić information content (AvgIpc) is 2.39. The zero-order chi connectivity index (χ0) is 13.4. The van der Waals surface area contributed by atoms with Crippen LogP contribution in [0.25, 0.3) is 0 Å². The summed E-state index contributed by atoms with van der Waals surface area (Å²) in [5.74, 6) is -0.0412. The second-order valence-corrected chi connectivity index (χ2v) is 3.53. The predicted molar refractivity (Wildman–Crippen MR) is 66.6 cm³/mol. The fourth-order valence-electron chi connectivity index (χ4n) is 1.58. The van der Waals surface area contributed by atoms with Gasteiger partial charge < -0.3 is 19.8 Å². The topological polar surface area (TPSA) is 82.9 Å². The molecule has 0 spiro atoms. The summed E-state index contributed by atoms with van der Waals surface area (Å²) in [7, 11) is 0. The maximum Gasteiger partial charge on any atom is 0.341 e. The van der Waals surface area contributed by atoms with Crippen LogP contribution in [0.15, 0.2) is 18.3 Å². The van der Waals surface area contributed by atoms with Crippen LogP contribution in [-0.4, -0.2) is 54.1 Å². The smallest absolute Gasteiger partial charge is 0.341 e. The Hall–Kier alpha value is -1.66. The molecule has 0 amide bonds. The van der Waals surface area contributed by atoms with Gasteiger partial charge in [0.2, 0.25) is 0 Å². The highest BCUT2D eigenvalue weighted by Gasteiger charge is 2.18. The molecule has 0 aromatic carbocycles. The zero-order valence-electron chi connectivity index (χ0n) is 10.4.